The predicted molar refractivity (Wildman–Crippen MR) is 79.0 cm³/mol. The molecule has 0 aromatic heterocycles. The second kappa shape index (κ2) is 7.85. The molecule has 0 unspecified atom stereocenters. The zero-order valence-corrected chi connectivity index (χ0v) is 11.7. The van der Waals surface area contributed by atoms with E-state index in [1.807, 2.05) is 0 Å². The van der Waals surface area contributed by atoms with E-state index in [2.05, 4.69) is 5.32 Å². The maximum Gasteiger partial charge on any atom is 0.269 e. The molecule has 110 valence electrons. The molecule has 0 spiro atoms. The van der Waals surface area contributed by atoms with Gasteiger partial charge in [0.2, 0.25) is 0 Å². The lowest BCUT2D eigenvalue weighted by atomic mass is 10.1. The summed E-state index contributed by atoms with van der Waals surface area (Å²) in [7, 11) is 0. The van der Waals surface area contributed by atoms with Crippen molar-refractivity contribution >= 4 is 11.4 Å². The molecule has 0 bridgehead atoms. The van der Waals surface area contributed by atoms with Crippen LogP contribution in [0.2, 0.25) is 0 Å². The molecule has 1 fully saturated rings. The fraction of sp³-hybridized carbons (Fsp3) is 0.600. The van der Waals surface area contributed by atoms with Gasteiger partial charge in [-0.15, -0.1) is 0 Å². The Hall–Kier alpha value is -1.62. The molecule has 0 radical (unpaired) electrons. The second-order valence-corrected chi connectivity index (χ2v) is 5.22. The number of nitro groups is 1. The predicted octanol–water partition coefficient (Wildman–Crippen LogP) is 3.75. The van der Waals surface area contributed by atoms with E-state index in [4.69, 9.17) is 4.74 Å². The van der Waals surface area contributed by atoms with Gasteiger partial charge in [-0.3, -0.25) is 10.1 Å². The van der Waals surface area contributed by atoms with E-state index in [1.165, 1.54) is 50.7 Å². The summed E-state index contributed by atoms with van der Waals surface area (Å²) in [4.78, 5) is 10.2. The number of nitro benzene ring substituents is 1. The molecule has 1 aromatic rings. The Morgan fingerprint density at radius 3 is 2.40 bits per heavy atom. The minimum absolute atomic E-state index is 0.116. The first-order valence-electron chi connectivity index (χ1n) is 7.35. The quantitative estimate of drug-likeness (QED) is 0.372. The first-order valence-corrected chi connectivity index (χ1v) is 7.35. The van der Waals surface area contributed by atoms with Gasteiger partial charge in [-0.2, -0.15) is 0 Å². The summed E-state index contributed by atoms with van der Waals surface area (Å²) < 4.78 is 5.88. The van der Waals surface area contributed by atoms with Crippen molar-refractivity contribution in [2.45, 2.75) is 44.6 Å². The summed E-state index contributed by atoms with van der Waals surface area (Å²) in [5, 5.41) is 13.8. The van der Waals surface area contributed by atoms with E-state index < -0.39 is 0 Å². The highest BCUT2D eigenvalue weighted by Crippen LogP contribution is 2.20. The van der Waals surface area contributed by atoms with E-state index in [0.29, 0.717) is 12.7 Å². The van der Waals surface area contributed by atoms with Gasteiger partial charge in [0.15, 0.2) is 0 Å². The van der Waals surface area contributed by atoms with E-state index in [1.54, 1.807) is 12.1 Å². The van der Waals surface area contributed by atoms with Crippen LogP contribution in [0.4, 0.5) is 11.4 Å². The fourth-order valence-electron chi connectivity index (χ4n) is 2.53. The summed E-state index contributed by atoms with van der Waals surface area (Å²) in [6.07, 6.45) is 7.99. The molecule has 1 aliphatic carbocycles. The van der Waals surface area contributed by atoms with E-state index >= 15 is 0 Å². The molecule has 0 heterocycles. The van der Waals surface area contributed by atoms with E-state index in [-0.39, 0.29) is 10.6 Å². The zero-order chi connectivity index (χ0) is 14.2. The summed E-state index contributed by atoms with van der Waals surface area (Å²) in [6, 6.07) is 6.47. The van der Waals surface area contributed by atoms with Crippen molar-refractivity contribution < 1.29 is 9.66 Å². The Labute approximate surface area is 119 Å². The Morgan fingerprint density at radius 1 is 1.15 bits per heavy atom. The number of ether oxygens (including phenoxy) is 1. The Kier molecular flexibility index (Phi) is 5.80. The minimum atomic E-state index is -0.390. The first kappa shape index (κ1) is 14.8. The van der Waals surface area contributed by atoms with Crippen molar-refractivity contribution in [1.29, 1.82) is 0 Å². The van der Waals surface area contributed by atoms with Gasteiger partial charge in [-0.05, 0) is 25.0 Å². The number of nitrogens with zero attached hydrogens (tertiary/aromatic N) is 1. The maximum absolute atomic E-state index is 10.5. The minimum Gasteiger partial charge on any atom is -0.383 e. The van der Waals surface area contributed by atoms with Gasteiger partial charge >= 0.3 is 0 Å². The van der Waals surface area contributed by atoms with E-state index in [9.17, 15) is 10.1 Å². The number of benzene rings is 1. The molecule has 1 aliphatic rings. The van der Waals surface area contributed by atoms with Gasteiger partial charge in [0.25, 0.3) is 5.69 Å². The zero-order valence-electron chi connectivity index (χ0n) is 11.7. The van der Waals surface area contributed by atoms with Crippen molar-refractivity contribution in [3.05, 3.63) is 34.4 Å². The van der Waals surface area contributed by atoms with Gasteiger partial charge in [-0.1, -0.05) is 25.7 Å². The van der Waals surface area contributed by atoms with Crippen molar-refractivity contribution in [3.8, 4) is 0 Å². The molecular weight excluding hydrogens is 256 g/mol. The number of rotatable bonds is 6. The van der Waals surface area contributed by atoms with Gasteiger partial charge in [0.1, 0.15) is 0 Å². The third-order valence-corrected chi connectivity index (χ3v) is 3.67. The van der Waals surface area contributed by atoms with Crippen molar-refractivity contribution in [2.24, 2.45) is 0 Å². The summed E-state index contributed by atoms with van der Waals surface area (Å²) in [6.45, 7) is 1.41. The number of non-ortho nitro benzene ring substituents is 1. The molecule has 1 N–H and O–H groups in total. The third kappa shape index (κ3) is 4.81. The highest BCUT2D eigenvalue weighted by Gasteiger charge is 2.11. The average Bonchev–Trinajstić information content (AvgIpc) is 2.73. The normalized spacial score (nSPS) is 16.6. The molecule has 0 atom stereocenters. The monoisotopic (exact) mass is 278 g/mol. The van der Waals surface area contributed by atoms with Crippen LogP contribution in [0.5, 0.6) is 0 Å². The molecule has 0 amide bonds. The molecular formula is C15H22N2O3. The van der Waals surface area contributed by atoms with Crippen molar-refractivity contribution in [3.63, 3.8) is 0 Å². The largest absolute Gasteiger partial charge is 0.383 e. The van der Waals surface area contributed by atoms with Crippen LogP contribution < -0.4 is 5.32 Å². The Balaban J connectivity index is 1.66. The topological polar surface area (TPSA) is 64.4 Å². The number of hydrogen-bond acceptors (Lipinski definition) is 4. The van der Waals surface area contributed by atoms with E-state index in [0.717, 1.165) is 12.2 Å². The van der Waals surface area contributed by atoms with Crippen LogP contribution in [0.15, 0.2) is 24.3 Å². The molecule has 5 nitrogen and oxygen atoms in total. The molecule has 1 saturated carbocycles. The lowest BCUT2D eigenvalue weighted by molar-refractivity contribution is -0.384. The lowest BCUT2D eigenvalue weighted by Gasteiger charge is -2.15. The van der Waals surface area contributed by atoms with Gasteiger partial charge in [-0.25, -0.2) is 0 Å². The number of nitrogens with one attached hydrogen (secondary N) is 1. The van der Waals surface area contributed by atoms with Gasteiger partial charge < -0.3 is 10.1 Å². The molecule has 20 heavy (non-hydrogen) atoms. The molecule has 5 heteroatoms. The van der Waals surface area contributed by atoms with Crippen LogP contribution in [-0.2, 0) is 4.74 Å². The summed E-state index contributed by atoms with van der Waals surface area (Å²) in [5.74, 6) is 0. The fourth-order valence-corrected chi connectivity index (χ4v) is 2.53. The molecule has 0 aliphatic heterocycles. The highest BCUT2D eigenvalue weighted by molar-refractivity contribution is 5.48. The SMILES string of the molecule is O=[N+]([O-])c1ccc(NCCOC2CCCCCC2)cc1. The summed E-state index contributed by atoms with van der Waals surface area (Å²) in [5.41, 5.74) is 1.00. The molecule has 2 rings (SSSR count). The third-order valence-electron chi connectivity index (χ3n) is 3.67. The number of anilines is 1. The Bertz CT molecular complexity index is 412. The molecule has 0 saturated heterocycles. The Morgan fingerprint density at radius 2 is 1.80 bits per heavy atom. The smallest absolute Gasteiger partial charge is 0.269 e. The van der Waals surface area contributed by atoms with Crippen LogP contribution in [0, 0.1) is 10.1 Å². The summed E-state index contributed by atoms with van der Waals surface area (Å²) >= 11 is 0. The second-order valence-electron chi connectivity index (χ2n) is 5.22. The van der Waals surface area contributed by atoms with Crippen molar-refractivity contribution in [2.75, 3.05) is 18.5 Å². The number of hydrogen-bond donors (Lipinski definition) is 1. The van der Waals surface area contributed by atoms with Crippen molar-refractivity contribution in [1.82, 2.24) is 0 Å². The standard InChI is InChI=1S/C15H22N2O3/c18-17(19)14-9-7-13(8-10-14)16-11-12-20-15-5-3-1-2-4-6-15/h7-10,15-16H,1-6,11-12H2. The highest BCUT2D eigenvalue weighted by atomic mass is 16.6. The van der Waals surface area contributed by atoms with Crippen LogP contribution >= 0.6 is 0 Å². The lowest BCUT2D eigenvalue weighted by Crippen LogP contribution is -2.17. The maximum atomic E-state index is 10.5. The van der Waals surface area contributed by atoms with Gasteiger partial charge in [0.05, 0.1) is 17.6 Å². The first-order chi connectivity index (χ1) is 9.75. The van der Waals surface area contributed by atoms with Crippen LogP contribution in [0.3, 0.4) is 0 Å². The van der Waals surface area contributed by atoms with Crippen LogP contribution in [0.25, 0.3) is 0 Å². The average molecular weight is 278 g/mol. The molecule has 1 aromatic carbocycles. The van der Waals surface area contributed by atoms with Crippen LogP contribution in [-0.4, -0.2) is 24.2 Å². The van der Waals surface area contributed by atoms with Crippen LogP contribution in [0.1, 0.15) is 38.5 Å². The van der Waals surface area contributed by atoms with Gasteiger partial charge in [0, 0.05) is 24.4 Å².